The highest BCUT2D eigenvalue weighted by atomic mass is 32.1. The summed E-state index contributed by atoms with van der Waals surface area (Å²) in [6.45, 7) is 3.73. The molecule has 0 unspecified atom stereocenters. The van der Waals surface area contributed by atoms with Crippen molar-refractivity contribution < 1.29 is 4.79 Å². The molecule has 3 aromatic heterocycles. The minimum atomic E-state index is -0.218. The van der Waals surface area contributed by atoms with Gasteiger partial charge in [-0.2, -0.15) is 5.10 Å². The van der Waals surface area contributed by atoms with Gasteiger partial charge in [-0.3, -0.25) is 14.5 Å². The lowest BCUT2D eigenvalue weighted by Gasteiger charge is -2.06. The predicted molar refractivity (Wildman–Crippen MR) is 84.7 cm³/mol. The van der Waals surface area contributed by atoms with Crippen molar-refractivity contribution in [3.63, 3.8) is 0 Å². The van der Waals surface area contributed by atoms with E-state index in [0.29, 0.717) is 16.3 Å². The first-order valence-electron chi connectivity index (χ1n) is 6.43. The van der Waals surface area contributed by atoms with Gasteiger partial charge in [-0.05, 0) is 26.0 Å². The van der Waals surface area contributed by atoms with E-state index in [2.05, 4.69) is 15.4 Å². The second-order valence-electron chi connectivity index (χ2n) is 4.82. The second-order valence-corrected chi connectivity index (χ2v) is 5.82. The van der Waals surface area contributed by atoms with Gasteiger partial charge in [0.25, 0.3) is 5.91 Å². The van der Waals surface area contributed by atoms with Crippen LogP contribution in [-0.4, -0.2) is 20.7 Å². The zero-order valence-electron chi connectivity index (χ0n) is 12.0. The van der Waals surface area contributed by atoms with E-state index in [4.69, 9.17) is 5.73 Å². The standard InChI is InChI=1S/C14H15N5OS/c1-7-9(5-4-6-16-7)17-13(20)12-11(15)10-8(2)18-19(3)14(10)21-12/h4-6H,15H2,1-3H3,(H,17,20). The number of nitrogens with zero attached hydrogens (tertiary/aromatic N) is 3. The lowest BCUT2D eigenvalue weighted by Crippen LogP contribution is -2.13. The SMILES string of the molecule is Cc1ncccc1NC(=O)c1sc2c(c(C)nn2C)c1N. The van der Waals surface area contributed by atoms with E-state index >= 15 is 0 Å². The average Bonchev–Trinajstić information content (AvgIpc) is 2.92. The van der Waals surface area contributed by atoms with Gasteiger partial charge in [0.2, 0.25) is 0 Å². The molecule has 0 aliphatic carbocycles. The molecular weight excluding hydrogens is 286 g/mol. The number of rotatable bonds is 2. The van der Waals surface area contributed by atoms with E-state index in [1.165, 1.54) is 11.3 Å². The number of carbonyl (C=O) groups is 1. The van der Waals surface area contributed by atoms with Crippen LogP contribution >= 0.6 is 11.3 Å². The van der Waals surface area contributed by atoms with E-state index in [1.807, 2.05) is 27.0 Å². The number of thiophene rings is 1. The summed E-state index contributed by atoms with van der Waals surface area (Å²) >= 11 is 1.35. The molecule has 0 radical (unpaired) electrons. The Hall–Kier alpha value is -2.41. The molecule has 0 spiro atoms. The van der Waals surface area contributed by atoms with Crippen molar-refractivity contribution in [2.75, 3.05) is 11.1 Å². The fourth-order valence-electron chi connectivity index (χ4n) is 2.29. The van der Waals surface area contributed by atoms with Crippen molar-refractivity contribution in [2.24, 2.45) is 7.05 Å². The van der Waals surface area contributed by atoms with E-state index in [9.17, 15) is 4.79 Å². The van der Waals surface area contributed by atoms with Crippen LogP contribution in [0.4, 0.5) is 11.4 Å². The molecular formula is C14H15N5OS. The second kappa shape index (κ2) is 4.85. The molecule has 3 aromatic rings. The summed E-state index contributed by atoms with van der Waals surface area (Å²) in [6.07, 6.45) is 1.69. The smallest absolute Gasteiger partial charge is 0.268 e. The first-order valence-corrected chi connectivity index (χ1v) is 7.25. The van der Waals surface area contributed by atoms with Crippen LogP contribution in [0, 0.1) is 13.8 Å². The fourth-order valence-corrected chi connectivity index (χ4v) is 3.38. The number of pyridine rings is 1. The van der Waals surface area contributed by atoms with E-state index in [0.717, 1.165) is 21.6 Å². The van der Waals surface area contributed by atoms with Crippen molar-refractivity contribution in [3.05, 3.63) is 34.6 Å². The first-order chi connectivity index (χ1) is 9.99. The Morgan fingerprint density at radius 2 is 2.14 bits per heavy atom. The number of nitrogens with two attached hydrogens (primary N) is 1. The van der Waals surface area contributed by atoms with Gasteiger partial charge in [-0.1, -0.05) is 0 Å². The fraction of sp³-hybridized carbons (Fsp3) is 0.214. The van der Waals surface area contributed by atoms with Crippen LogP contribution in [0.5, 0.6) is 0 Å². The molecule has 0 aliphatic rings. The monoisotopic (exact) mass is 301 g/mol. The molecule has 0 bridgehead atoms. The molecule has 21 heavy (non-hydrogen) atoms. The van der Waals surface area contributed by atoms with Gasteiger partial charge in [0, 0.05) is 13.2 Å². The van der Waals surface area contributed by atoms with Crippen LogP contribution in [0.15, 0.2) is 18.3 Å². The van der Waals surface area contributed by atoms with Crippen LogP contribution < -0.4 is 11.1 Å². The van der Waals surface area contributed by atoms with Gasteiger partial charge >= 0.3 is 0 Å². The molecule has 0 aliphatic heterocycles. The van der Waals surface area contributed by atoms with E-state index in [-0.39, 0.29) is 5.91 Å². The summed E-state index contributed by atoms with van der Waals surface area (Å²) in [5.74, 6) is -0.218. The van der Waals surface area contributed by atoms with Crippen LogP contribution in [-0.2, 0) is 7.05 Å². The van der Waals surface area contributed by atoms with Crippen LogP contribution in [0.1, 0.15) is 21.1 Å². The Kier molecular flexibility index (Phi) is 3.13. The maximum atomic E-state index is 12.4. The number of fused-ring (bicyclic) bond motifs is 1. The number of hydrogen-bond acceptors (Lipinski definition) is 5. The number of carbonyl (C=O) groups excluding carboxylic acids is 1. The zero-order chi connectivity index (χ0) is 15.1. The number of nitrogens with one attached hydrogen (secondary N) is 1. The maximum absolute atomic E-state index is 12.4. The molecule has 6 nitrogen and oxygen atoms in total. The normalized spacial score (nSPS) is 11.0. The number of anilines is 2. The van der Waals surface area contributed by atoms with Gasteiger partial charge < -0.3 is 11.1 Å². The summed E-state index contributed by atoms with van der Waals surface area (Å²) in [7, 11) is 1.85. The summed E-state index contributed by atoms with van der Waals surface area (Å²) in [4.78, 5) is 18.0. The molecule has 108 valence electrons. The number of nitrogen functional groups attached to an aromatic ring is 1. The average molecular weight is 301 g/mol. The van der Waals surface area contributed by atoms with Gasteiger partial charge in [0.15, 0.2) is 0 Å². The largest absolute Gasteiger partial charge is 0.397 e. The third-order valence-corrected chi connectivity index (χ3v) is 4.61. The molecule has 0 saturated carbocycles. The molecule has 0 aromatic carbocycles. The first kappa shape index (κ1) is 13.6. The highest BCUT2D eigenvalue weighted by Gasteiger charge is 2.21. The summed E-state index contributed by atoms with van der Waals surface area (Å²) in [5.41, 5.74) is 8.90. The molecule has 1 amide bonds. The van der Waals surface area contributed by atoms with Crippen LogP contribution in [0.25, 0.3) is 10.2 Å². The Bertz CT molecular complexity index is 849. The van der Waals surface area contributed by atoms with Gasteiger partial charge in [0.1, 0.15) is 9.71 Å². The molecule has 7 heteroatoms. The maximum Gasteiger partial charge on any atom is 0.268 e. The van der Waals surface area contributed by atoms with Gasteiger partial charge in [-0.15, -0.1) is 11.3 Å². The van der Waals surface area contributed by atoms with Gasteiger partial charge in [0.05, 0.1) is 28.1 Å². The quantitative estimate of drug-likeness (QED) is 0.761. The lowest BCUT2D eigenvalue weighted by atomic mass is 10.2. The highest BCUT2D eigenvalue weighted by Crippen LogP contribution is 2.35. The molecule has 0 atom stereocenters. The third kappa shape index (κ3) is 2.15. The van der Waals surface area contributed by atoms with Gasteiger partial charge in [-0.25, -0.2) is 0 Å². The molecule has 3 rings (SSSR count). The van der Waals surface area contributed by atoms with E-state index < -0.39 is 0 Å². The van der Waals surface area contributed by atoms with Crippen molar-refractivity contribution >= 4 is 38.8 Å². The Balaban J connectivity index is 2.01. The van der Waals surface area contributed by atoms with E-state index in [1.54, 1.807) is 16.9 Å². The molecule has 3 N–H and O–H groups in total. The molecule has 0 saturated heterocycles. The predicted octanol–water partition coefficient (Wildman–Crippen LogP) is 2.48. The minimum absolute atomic E-state index is 0.218. The molecule has 0 fully saturated rings. The van der Waals surface area contributed by atoms with Crippen molar-refractivity contribution in [1.82, 2.24) is 14.8 Å². The highest BCUT2D eigenvalue weighted by molar-refractivity contribution is 7.21. The van der Waals surface area contributed by atoms with Crippen molar-refractivity contribution in [1.29, 1.82) is 0 Å². The lowest BCUT2D eigenvalue weighted by molar-refractivity contribution is 0.103. The number of aryl methyl sites for hydroxylation is 3. The summed E-state index contributed by atoms with van der Waals surface area (Å²) in [6, 6.07) is 3.60. The summed E-state index contributed by atoms with van der Waals surface area (Å²) < 4.78 is 1.75. The Morgan fingerprint density at radius 1 is 1.38 bits per heavy atom. The third-order valence-electron chi connectivity index (χ3n) is 3.34. The van der Waals surface area contributed by atoms with Crippen molar-refractivity contribution in [2.45, 2.75) is 13.8 Å². The number of amides is 1. The van der Waals surface area contributed by atoms with Crippen LogP contribution in [0.2, 0.25) is 0 Å². The zero-order valence-corrected chi connectivity index (χ0v) is 12.8. The number of hydrogen-bond donors (Lipinski definition) is 2. The molecule has 3 heterocycles. The Labute approximate surface area is 125 Å². The minimum Gasteiger partial charge on any atom is -0.397 e. The van der Waals surface area contributed by atoms with Crippen molar-refractivity contribution in [3.8, 4) is 0 Å². The Morgan fingerprint density at radius 3 is 2.81 bits per heavy atom. The number of aromatic nitrogens is 3. The summed E-state index contributed by atoms with van der Waals surface area (Å²) in [5, 5.41) is 8.03. The van der Waals surface area contributed by atoms with Crippen LogP contribution in [0.3, 0.4) is 0 Å². The topological polar surface area (TPSA) is 85.8 Å².